The number of likely N-dealkylation sites (tertiary alicyclic amines) is 1. The van der Waals surface area contributed by atoms with Crippen LogP contribution in [-0.4, -0.2) is 48.2 Å². The van der Waals surface area contributed by atoms with Crippen molar-refractivity contribution >= 4 is 11.9 Å². The van der Waals surface area contributed by atoms with Gasteiger partial charge in [-0.05, 0) is 24.7 Å². The molecule has 2 unspecified atom stereocenters. The molecule has 2 heterocycles. The van der Waals surface area contributed by atoms with E-state index in [1.807, 2.05) is 6.92 Å². The van der Waals surface area contributed by atoms with Crippen LogP contribution < -0.4 is 0 Å². The van der Waals surface area contributed by atoms with E-state index in [0.29, 0.717) is 26.3 Å². The SMILES string of the molecule is CC(CC(=O)O)C1CCCN(C(=O)C2=COCCO2)C1. The molecule has 112 valence electrons. The zero-order valence-corrected chi connectivity index (χ0v) is 11.7. The van der Waals surface area contributed by atoms with Gasteiger partial charge in [0.05, 0.1) is 0 Å². The maximum absolute atomic E-state index is 12.3. The Morgan fingerprint density at radius 2 is 2.30 bits per heavy atom. The Morgan fingerprint density at radius 3 is 2.95 bits per heavy atom. The molecule has 0 aromatic carbocycles. The van der Waals surface area contributed by atoms with Crippen molar-refractivity contribution in [2.24, 2.45) is 11.8 Å². The van der Waals surface area contributed by atoms with E-state index in [-0.39, 0.29) is 29.9 Å². The minimum Gasteiger partial charge on any atom is -0.494 e. The highest BCUT2D eigenvalue weighted by molar-refractivity contribution is 5.91. The third-order valence-electron chi connectivity index (χ3n) is 3.91. The zero-order valence-electron chi connectivity index (χ0n) is 11.7. The Balaban J connectivity index is 1.94. The molecule has 2 atom stereocenters. The molecule has 1 fully saturated rings. The Kier molecular flexibility index (Phi) is 4.87. The molecule has 6 heteroatoms. The molecule has 0 saturated carbocycles. The molecule has 2 rings (SSSR count). The van der Waals surface area contributed by atoms with Gasteiger partial charge in [-0.2, -0.15) is 0 Å². The number of carboxylic acids is 1. The van der Waals surface area contributed by atoms with Crippen molar-refractivity contribution in [1.29, 1.82) is 0 Å². The molecule has 6 nitrogen and oxygen atoms in total. The number of rotatable bonds is 4. The van der Waals surface area contributed by atoms with Crippen molar-refractivity contribution in [2.75, 3.05) is 26.3 Å². The molecule has 0 spiro atoms. The summed E-state index contributed by atoms with van der Waals surface area (Å²) < 4.78 is 10.4. The fourth-order valence-corrected chi connectivity index (χ4v) is 2.74. The molecule has 1 amide bonds. The number of carboxylic acid groups (broad SMARTS) is 1. The van der Waals surface area contributed by atoms with E-state index < -0.39 is 5.97 Å². The largest absolute Gasteiger partial charge is 0.494 e. The number of aliphatic carboxylic acids is 1. The summed E-state index contributed by atoms with van der Waals surface area (Å²) in [7, 11) is 0. The molecule has 0 aromatic rings. The van der Waals surface area contributed by atoms with Gasteiger partial charge in [0.15, 0.2) is 0 Å². The van der Waals surface area contributed by atoms with Gasteiger partial charge in [-0.15, -0.1) is 0 Å². The van der Waals surface area contributed by atoms with Gasteiger partial charge in [0.2, 0.25) is 5.76 Å². The molecule has 0 aliphatic carbocycles. The lowest BCUT2D eigenvalue weighted by Crippen LogP contribution is -2.43. The number of hydrogen-bond acceptors (Lipinski definition) is 4. The van der Waals surface area contributed by atoms with Crippen molar-refractivity contribution in [3.8, 4) is 0 Å². The first-order valence-electron chi connectivity index (χ1n) is 7.03. The summed E-state index contributed by atoms with van der Waals surface area (Å²) in [6.07, 6.45) is 3.38. The summed E-state index contributed by atoms with van der Waals surface area (Å²) in [5, 5.41) is 8.87. The van der Waals surface area contributed by atoms with Gasteiger partial charge in [0.25, 0.3) is 5.91 Å². The fourth-order valence-electron chi connectivity index (χ4n) is 2.74. The molecule has 2 aliphatic heterocycles. The van der Waals surface area contributed by atoms with Crippen LogP contribution in [0.25, 0.3) is 0 Å². The Morgan fingerprint density at radius 1 is 1.50 bits per heavy atom. The molecular weight excluding hydrogens is 262 g/mol. The molecule has 0 radical (unpaired) electrons. The maximum Gasteiger partial charge on any atom is 0.303 e. The standard InChI is InChI=1S/C14H21NO5/c1-10(7-13(16)17)11-3-2-4-15(8-11)14(18)12-9-19-5-6-20-12/h9-11H,2-8H2,1H3,(H,16,17). The highest BCUT2D eigenvalue weighted by Crippen LogP contribution is 2.27. The van der Waals surface area contributed by atoms with Crippen LogP contribution >= 0.6 is 0 Å². The monoisotopic (exact) mass is 283 g/mol. The molecule has 1 N–H and O–H groups in total. The number of piperidine rings is 1. The predicted octanol–water partition coefficient (Wildman–Crippen LogP) is 1.22. The van der Waals surface area contributed by atoms with E-state index in [9.17, 15) is 9.59 Å². The smallest absolute Gasteiger partial charge is 0.303 e. The molecule has 20 heavy (non-hydrogen) atoms. The quantitative estimate of drug-likeness (QED) is 0.839. The van der Waals surface area contributed by atoms with E-state index in [2.05, 4.69) is 0 Å². The Labute approximate surface area is 118 Å². The number of carbonyl (C=O) groups is 2. The highest BCUT2D eigenvalue weighted by Gasteiger charge is 2.30. The van der Waals surface area contributed by atoms with Gasteiger partial charge in [-0.25, -0.2) is 0 Å². The van der Waals surface area contributed by atoms with Crippen LogP contribution in [0, 0.1) is 11.8 Å². The molecule has 0 aromatic heterocycles. The number of nitrogens with zero attached hydrogens (tertiary/aromatic N) is 1. The van der Waals surface area contributed by atoms with Gasteiger partial charge >= 0.3 is 5.97 Å². The molecule has 1 saturated heterocycles. The summed E-state index contributed by atoms with van der Waals surface area (Å²) >= 11 is 0. The third-order valence-corrected chi connectivity index (χ3v) is 3.91. The van der Waals surface area contributed by atoms with Gasteiger partial charge in [-0.1, -0.05) is 6.92 Å². The van der Waals surface area contributed by atoms with Crippen LogP contribution in [0.2, 0.25) is 0 Å². The van der Waals surface area contributed by atoms with Crippen LogP contribution in [0.5, 0.6) is 0 Å². The zero-order chi connectivity index (χ0) is 14.5. The van der Waals surface area contributed by atoms with Crippen molar-refractivity contribution in [3.63, 3.8) is 0 Å². The van der Waals surface area contributed by atoms with Gasteiger partial charge < -0.3 is 19.5 Å². The van der Waals surface area contributed by atoms with Gasteiger partial charge in [-0.3, -0.25) is 9.59 Å². The average Bonchev–Trinajstić information content (AvgIpc) is 2.47. The molecule has 2 aliphatic rings. The van der Waals surface area contributed by atoms with Crippen molar-refractivity contribution in [1.82, 2.24) is 4.90 Å². The predicted molar refractivity (Wildman–Crippen MR) is 70.7 cm³/mol. The average molecular weight is 283 g/mol. The minimum absolute atomic E-state index is 0.0700. The van der Waals surface area contributed by atoms with Crippen molar-refractivity contribution in [2.45, 2.75) is 26.2 Å². The Bertz CT molecular complexity index is 406. The maximum atomic E-state index is 12.3. The second-order valence-electron chi connectivity index (χ2n) is 5.43. The fraction of sp³-hybridized carbons (Fsp3) is 0.714. The summed E-state index contributed by atoms with van der Waals surface area (Å²) in [5.74, 6) is -0.387. The number of carbonyl (C=O) groups excluding carboxylic acids is 1. The van der Waals surface area contributed by atoms with Crippen LogP contribution in [0.3, 0.4) is 0 Å². The van der Waals surface area contributed by atoms with E-state index in [4.69, 9.17) is 14.6 Å². The van der Waals surface area contributed by atoms with E-state index in [1.165, 1.54) is 6.26 Å². The summed E-state index contributed by atoms with van der Waals surface area (Å²) in [6, 6.07) is 0. The lowest BCUT2D eigenvalue weighted by molar-refractivity contribution is -0.138. The van der Waals surface area contributed by atoms with Crippen molar-refractivity contribution in [3.05, 3.63) is 12.0 Å². The second kappa shape index (κ2) is 6.63. The normalized spacial score (nSPS) is 24.1. The minimum atomic E-state index is -0.785. The van der Waals surface area contributed by atoms with E-state index in [1.54, 1.807) is 4.90 Å². The Hall–Kier alpha value is -1.72. The van der Waals surface area contributed by atoms with Crippen molar-refractivity contribution < 1.29 is 24.2 Å². The first-order valence-corrected chi connectivity index (χ1v) is 7.03. The van der Waals surface area contributed by atoms with Crippen LogP contribution in [0.1, 0.15) is 26.2 Å². The summed E-state index contributed by atoms with van der Waals surface area (Å²) in [4.78, 5) is 24.8. The first kappa shape index (κ1) is 14.7. The first-order chi connectivity index (χ1) is 9.58. The number of ether oxygens (including phenoxy) is 2. The molecule has 0 bridgehead atoms. The van der Waals surface area contributed by atoms with Crippen LogP contribution in [-0.2, 0) is 19.1 Å². The highest BCUT2D eigenvalue weighted by atomic mass is 16.6. The van der Waals surface area contributed by atoms with Crippen LogP contribution in [0.4, 0.5) is 0 Å². The van der Waals surface area contributed by atoms with E-state index in [0.717, 1.165) is 12.8 Å². The third kappa shape index (κ3) is 3.65. The summed E-state index contributed by atoms with van der Waals surface area (Å²) in [5.41, 5.74) is 0. The molecular formula is C14H21NO5. The number of hydrogen-bond donors (Lipinski definition) is 1. The summed E-state index contributed by atoms with van der Waals surface area (Å²) in [6.45, 7) is 4.08. The second-order valence-corrected chi connectivity index (χ2v) is 5.43. The van der Waals surface area contributed by atoms with Crippen LogP contribution in [0.15, 0.2) is 12.0 Å². The topological polar surface area (TPSA) is 76.1 Å². The number of amides is 1. The van der Waals surface area contributed by atoms with E-state index >= 15 is 0 Å². The van der Waals surface area contributed by atoms with Gasteiger partial charge in [0, 0.05) is 19.5 Å². The van der Waals surface area contributed by atoms with Gasteiger partial charge in [0.1, 0.15) is 19.5 Å². The lowest BCUT2D eigenvalue weighted by atomic mass is 9.84. The lowest BCUT2D eigenvalue weighted by Gasteiger charge is -2.35.